The van der Waals surface area contributed by atoms with Gasteiger partial charge in [-0.05, 0) is 50.7 Å². The molecule has 0 rings (SSSR count). The van der Waals surface area contributed by atoms with E-state index in [2.05, 4.69) is 82.2 Å². The van der Waals surface area contributed by atoms with Crippen LogP contribution in [0.4, 0.5) is 0 Å². The molecular weight excluding hydrogens is 356 g/mol. The van der Waals surface area contributed by atoms with E-state index in [1.807, 2.05) is 13.0 Å². The molecule has 0 aromatic rings. The van der Waals surface area contributed by atoms with E-state index in [1.165, 1.54) is 0 Å². The van der Waals surface area contributed by atoms with E-state index in [-0.39, 0.29) is 5.04 Å². The van der Waals surface area contributed by atoms with Crippen LogP contribution < -0.4 is 0 Å². The molecule has 1 nitrogen and oxygen atoms in total. The molecule has 0 aliphatic carbocycles. The van der Waals surface area contributed by atoms with Crippen molar-refractivity contribution < 1.29 is 4.43 Å². The van der Waals surface area contributed by atoms with Gasteiger partial charge in [0.1, 0.15) is 5.60 Å². The van der Waals surface area contributed by atoms with Gasteiger partial charge in [0.25, 0.3) is 0 Å². The molecule has 1 atom stereocenters. The second-order valence-electron chi connectivity index (χ2n) is 8.65. The predicted octanol–water partition coefficient (Wildman–Crippen LogP) is 7.27. The second-order valence-corrected chi connectivity index (χ2v) is 13.4. The average molecular weight is 397 g/mol. The van der Waals surface area contributed by atoms with Crippen molar-refractivity contribution in [2.45, 2.75) is 103 Å². The van der Waals surface area contributed by atoms with Crippen LogP contribution in [0, 0.1) is 36.0 Å². The van der Waals surface area contributed by atoms with Gasteiger partial charge in [-0.1, -0.05) is 50.8 Å². The van der Waals surface area contributed by atoms with E-state index in [0.717, 1.165) is 38.5 Å². The fraction of sp³-hybridized carbons (Fsp3) is 0.615. The molecule has 28 heavy (non-hydrogen) atoms. The van der Waals surface area contributed by atoms with Crippen LogP contribution in [-0.2, 0) is 4.43 Å². The topological polar surface area (TPSA) is 9.23 Å². The van der Waals surface area contributed by atoms with E-state index in [1.54, 1.807) is 0 Å². The molecule has 0 bridgehead atoms. The highest BCUT2D eigenvalue weighted by Crippen LogP contribution is 2.41. The Bertz CT molecular complexity index is 649. The van der Waals surface area contributed by atoms with Crippen molar-refractivity contribution in [3.8, 4) is 36.0 Å². The standard InChI is InChI=1S/C26H40OSi/c1-9-12-15-17-18-19-21-24-26(22-14-11-3,23-20-16-13-10-2)27-28(7,8)25(4,5)6/h2,9,11-12H,3,13-17,21-22,24H2,1,4-8H3/b12-9-/t26-/m1/s1. The van der Waals surface area contributed by atoms with Gasteiger partial charge in [0.2, 0.25) is 0 Å². The van der Waals surface area contributed by atoms with Crippen LogP contribution in [0.25, 0.3) is 0 Å². The molecular formula is C26H40OSi. The third kappa shape index (κ3) is 10.6. The Labute approximate surface area is 176 Å². The molecule has 0 radical (unpaired) electrons. The first-order valence-corrected chi connectivity index (χ1v) is 13.4. The Kier molecular flexibility index (Phi) is 12.7. The summed E-state index contributed by atoms with van der Waals surface area (Å²) in [5, 5.41) is 0.130. The van der Waals surface area contributed by atoms with Gasteiger partial charge in [-0.3, -0.25) is 0 Å². The summed E-state index contributed by atoms with van der Waals surface area (Å²) in [4.78, 5) is 0. The minimum atomic E-state index is -1.98. The van der Waals surface area contributed by atoms with Crippen LogP contribution in [0.2, 0.25) is 18.1 Å². The van der Waals surface area contributed by atoms with Crippen molar-refractivity contribution in [1.82, 2.24) is 0 Å². The average Bonchev–Trinajstić information content (AvgIpc) is 2.61. The summed E-state index contributed by atoms with van der Waals surface area (Å²) in [7, 11) is -1.98. The van der Waals surface area contributed by atoms with Gasteiger partial charge < -0.3 is 4.43 Å². The monoisotopic (exact) mass is 396 g/mol. The van der Waals surface area contributed by atoms with E-state index in [9.17, 15) is 0 Å². The fourth-order valence-electron chi connectivity index (χ4n) is 2.48. The minimum Gasteiger partial charge on any atom is -0.401 e. The van der Waals surface area contributed by atoms with Crippen molar-refractivity contribution >= 4 is 8.32 Å². The van der Waals surface area contributed by atoms with Crippen LogP contribution in [0.5, 0.6) is 0 Å². The largest absolute Gasteiger partial charge is 0.401 e. The normalized spacial score (nSPS) is 13.6. The molecule has 0 aromatic heterocycles. The van der Waals surface area contributed by atoms with Gasteiger partial charge in [0.05, 0.1) is 0 Å². The summed E-state index contributed by atoms with van der Waals surface area (Å²) in [6.45, 7) is 17.3. The van der Waals surface area contributed by atoms with Gasteiger partial charge in [-0.2, -0.15) is 0 Å². The lowest BCUT2D eigenvalue weighted by molar-refractivity contribution is 0.0955. The zero-order chi connectivity index (χ0) is 21.5. The van der Waals surface area contributed by atoms with Gasteiger partial charge in [-0.15, -0.1) is 30.8 Å². The number of hydrogen-bond donors (Lipinski definition) is 0. The van der Waals surface area contributed by atoms with Crippen molar-refractivity contribution in [1.29, 1.82) is 0 Å². The summed E-state index contributed by atoms with van der Waals surface area (Å²) in [5.74, 6) is 16.0. The Hall–Kier alpha value is -1.66. The highest BCUT2D eigenvalue weighted by atomic mass is 28.4. The molecule has 2 heteroatoms. The first-order chi connectivity index (χ1) is 13.1. The number of allylic oxidation sites excluding steroid dienone is 3. The van der Waals surface area contributed by atoms with Crippen LogP contribution in [0.1, 0.15) is 79.1 Å². The first kappa shape index (κ1) is 26.3. The van der Waals surface area contributed by atoms with Gasteiger partial charge in [0, 0.05) is 25.7 Å². The lowest BCUT2D eigenvalue weighted by Crippen LogP contribution is -2.49. The molecule has 0 aromatic carbocycles. The van der Waals surface area contributed by atoms with Gasteiger partial charge >= 0.3 is 0 Å². The van der Waals surface area contributed by atoms with Gasteiger partial charge in [0.15, 0.2) is 8.32 Å². The quantitative estimate of drug-likeness (QED) is 0.163. The smallest absolute Gasteiger partial charge is 0.194 e. The van der Waals surface area contributed by atoms with E-state index in [0.29, 0.717) is 12.8 Å². The molecule has 0 heterocycles. The third-order valence-corrected chi connectivity index (χ3v) is 9.68. The summed E-state index contributed by atoms with van der Waals surface area (Å²) in [6, 6.07) is 0. The first-order valence-electron chi connectivity index (χ1n) is 10.5. The van der Waals surface area contributed by atoms with E-state index in [4.69, 9.17) is 10.8 Å². The third-order valence-electron chi connectivity index (χ3n) is 5.17. The maximum atomic E-state index is 6.90. The zero-order valence-corrected chi connectivity index (χ0v) is 20.1. The summed E-state index contributed by atoms with van der Waals surface area (Å²) in [5.41, 5.74) is -0.468. The van der Waals surface area contributed by atoms with Crippen LogP contribution in [0.3, 0.4) is 0 Å². The molecule has 0 spiro atoms. The number of rotatable bonds is 10. The molecule has 0 saturated heterocycles. The SMILES string of the molecule is C#CCCC#C[C@@](CCC#CCC/C=C\C)(CCC=C)O[Si](C)(C)C(C)(C)C. The lowest BCUT2D eigenvalue weighted by atomic mass is 9.92. The number of terminal acetylenes is 1. The summed E-state index contributed by atoms with van der Waals surface area (Å²) in [6.07, 6.45) is 18.2. The van der Waals surface area contributed by atoms with Crippen molar-refractivity contribution in [3.63, 3.8) is 0 Å². The fourth-order valence-corrected chi connectivity index (χ4v) is 4.01. The van der Waals surface area contributed by atoms with Crippen LogP contribution in [0.15, 0.2) is 24.8 Å². The van der Waals surface area contributed by atoms with Gasteiger partial charge in [-0.25, -0.2) is 0 Å². The molecule has 0 aliphatic rings. The molecule has 0 N–H and O–H groups in total. The molecule has 0 fully saturated rings. The predicted molar refractivity (Wildman–Crippen MR) is 127 cm³/mol. The van der Waals surface area contributed by atoms with Crippen LogP contribution >= 0.6 is 0 Å². The highest BCUT2D eigenvalue weighted by molar-refractivity contribution is 6.74. The Morgan fingerprint density at radius 3 is 2.21 bits per heavy atom. The lowest BCUT2D eigenvalue weighted by Gasteiger charge is -2.43. The molecule has 0 unspecified atom stereocenters. The molecule has 154 valence electrons. The Balaban J connectivity index is 5.54. The molecule has 0 aliphatic heterocycles. The van der Waals surface area contributed by atoms with Crippen molar-refractivity contribution in [2.75, 3.05) is 0 Å². The van der Waals surface area contributed by atoms with Crippen molar-refractivity contribution in [2.24, 2.45) is 0 Å². The summed E-state index contributed by atoms with van der Waals surface area (Å²) < 4.78 is 6.90. The Morgan fingerprint density at radius 1 is 0.964 bits per heavy atom. The highest BCUT2D eigenvalue weighted by Gasteiger charge is 2.43. The maximum Gasteiger partial charge on any atom is 0.194 e. The minimum absolute atomic E-state index is 0.130. The second kappa shape index (κ2) is 13.5. The molecule has 0 saturated carbocycles. The zero-order valence-electron chi connectivity index (χ0n) is 19.1. The number of unbranched alkanes of at least 4 members (excludes halogenated alkanes) is 2. The molecule has 0 amide bonds. The van der Waals surface area contributed by atoms with Crippen molar-refractivity contribution in [3.05, 3.63) is 24.8 Å². The number of hydrogen-bond acceptors (Lipinski definition) is 1. The van der Waals surface area contributed by atoms with E-state index < -0.39 is 13.9 Å². The Morgan fingerprint density at radius 2 is 1.64 bits per heavy atom. The van der Waals surface area contributed by atoms with Crippen LogP contribution in [-0.4, -0.2) is 13.9 Å². The van der Waals surface area contributed by atoms with E-state index >= 15 is 0 Å². The maximum absolute atomic E-state index is 6.90. The summed E-state index contributed by atoms with van der Waals surface area (Å²) >= 11 is 0.